The molecule has 0 spiro atoms. The third-order valence-corrected chi connectivity index (χ3v) is 5.07. The zero-order valence-corrected chi connectivity index (χ0v) is 16.0. The molecule has 0 radical (unpaired) electrons. The Morgan fingerprint density at radius 2 is 1.88 bits per heavy atom. The summed E-state index contributed by atoms with van der Waals surface area (Å²) in [6.45, 7) is 1.19. The first-order valence-electron chi connectivity index (χ1n) is 8.01. The Morgan fingerprint density at radius 1 is 1.12 bits per heavy atom. The van der Waals surface area contributed by atoms with Crippen LogP contribution < -0.4 is 17.0 Å². The Kier molecular flexibility index (Phi) is 5.61. The van der Waals surface area contributed by atoms with E-state index in [-0.39, 0.29) is 24.7 Å². The fraction of sp³-hybridized carbons (Fsp3) is 0.222. The number of hydrogen-bond donors (Lipinski definition) is 0. The third kappa shape index (κ3) is 3.61. The maximum absolute atomic E-state index is 12.4. The third-order valence-electron chi connectivity index (χ3n) is 4.33. The van der Waals surface area contributed by atoms with E-state index in [1.165, 1.54) is 0 Å². The number of rotatable bonds is 4. The fourth-order valence-electron chi connectivity index (χ4n) is 3.00. The number of aromatic nitrogens is 4. The van der Waals surface area contributed by atoms with Gasteiger partial charge in [-0.15, -0.1) is 10.2 Å². The second-order valence-corrected chi connectivity index (χ2v) is 6.82. The van der Waals surface area contributed by atoms with Crippen LogP contribution in [-0.4, -0.2) is 20.5 Å². The summed E-state index contributed by atoms with van der Waals surface area (Å²) in [7, 11) is 0. The molecule has 0 unspecified atom stereocenters. The van der Waals surface area contributed by atoms with Crippen LogP contribution >= 0.6 is 23.2 Å². The molecule has 1 aliphatic rings. The summed E-state index contributed by atoms with van der Waals surface area (Å²) in [4.78, 5) is 12.4. The maximum Gasteiger partial charge on any atom is 0.227 e. The normalized spacial score (nSPS) is 12.5. The second kappa shape index (κ2) is 7.74. The van der Waals surface area contributed by atoms with Crippen molar-refractivity contribution in [3.8, 4) is 11.4 Å². The predicted octanol–water partition coefficient (Wildman–Crippen LogP) is 0.372. The lowest BCUT2D eigenvalue weighted by Gasteiger charge is -2.03. The minimum Gasteiger partial charge on any atom is -1.00 e. The predicted molar refractivity (Wildman–Crippen MR) is 94.8 cm³/mol. The van der Waals surface area contributed by atoms with E-state index in [1.54, 1.807) is 18.2 Å². The Morgan fingerprint density at radius 3 is 2.62 bits per heavy atom. The van der Waals surface area contributed by atoms with Crippen molar-refractivity contribution in [2.24, 2.45) is 0 Å². The first kappa shape index (κ1) is 18.8. The molecule has 4 rings (SSSR count). The average Bonchev–Trinajstić information content (AvgIpc) is 3.21. The van der Waals surface area contributed by atoms with Crippen LogP contribution in [0.4, 0.5) is 0 Å². The highest BCUT2D eigenvalue weighted by atomic mass is 35.5. The van der Waals surface area contributed by atoms with Crippen molar-refractivity contribution < 1.29 is 21.8 Å². The molecule has 5 nitrogen and oxygen atoms in total. The number of halogens is 3. The molecule has 1 aliphatic heterocycles. The van der Waals surface area contributed by atoms with Gasteiger partial charge in [-0.1, -0.05) is 23.2 Å². The monoisotopic (exact) mass is 408 g/mol. The molecule has 0 N–H and O–H groups in total. The topological polar surface area (TPSA) is 51.7 Å². The Labute approximate surface area is 167 Å². The summed E-state index contributed by atoms with van der Waals surface area (Å²) in [5.74, 6) is 1.90. The van der Waals surface area contributed by atoms with Crippen molar-refractivity contribution in [3.63, 3.8) is 0 Å². The summed E-state index contributed by atoms with van der Waals surface area (Å²) in [6.07, 6.45) is 5.85. The number of Topliss-reactive ketones (excluding diaryl/α,β-unsaturated/α-hetero) is 1. The summed E-state index contributed by atoms with van der Waals surface area (Å²) in [5.41, 5.74) is 1.54. The van der Waals surface area contributed by atoms with E-state index in [9.17, 15) is 4.79 Å². The number of aryl methyl sites for hydroxylation is 1. The number of hydrogen-bond acceptors (Lipinski definition) is 3. The van der Waals surface area contributed by atoms with Gasteiger partial charge >= 0.3 is 0 Å². The number of carbonyl (C=O) groups excluding carboxylic acids is 1. The quantitative estimate of drug-likeness (QED) is 0.462. The van der Waals surface area contributed by atoms with Gasteiger partial charge in [0.05, 0.1) is 10.0 Å². The first-order chi connectivity index (χ1) is 12.1. The molecule has 0 atom stereocenters. The van der Waals surface area contributed by atoms with E-state index in [4.69, 9.17) is 23.2 Å². The number of fused-ring (bicyclic) bond motifs is 1. The highest BCUT2D eigenvalue weighted by molar-refractivity contribution is 6.42. The number of carbonyl (C=O) groups is 1. The van der Waals surface area contributed by atoms with Gasteiger partial charge in [-0.2, -0.15) is 4.57 Å². The van der Waals surface area contributed by atoms with Crippen LogP contribution in [0.25, 0.3) is 11.4 Å². The molecule has 0 saturated heterocycles. The van der Waals surface area contributed by atoms with Gasteiger partial charge in [0.2, 0.25) is 12.3 Å². The van der Waals surface area contributed by atoms with Gasteiger partial charge in [0.15, 0.2) is 18.2 Å². The minimum atomic E-state index is -0.0281. The van der Waals surface area contributed by atoms with Crippen molar-refractivity contribution in [2.45, 2.75) is 25.9 Å². The van der Waals surface area contributed by atoms with Crippen molar-refractivity contribution in [2.75, 3.05) is 0 Å². The lowest BCUT2D eigenvalue weighted by atomic mass is 10.1. The molecule has 0 amide bonds. The smallest absolute Gasteiger partial charge is 0.227 e. The van der Waals surface area contributed by atoms with E-state index in [0.29, 0.717) is 15.6 Å². The largest absolute Gasteiger partial charge is 1.00 e. The molecule has 3 aromatic rings. The standard InChI is InChI=1S/C18H15Cl2N4O.ClH/c19-14-4-3-13(10-15(14)20)16(25)11-23-8-5-12(6-9-23)18-22-21-17-2-1-7-24(17)18;/h3-6,8-10H,1-2,7,11H2;1H/q+1;/p-1. The molecule has 8 heteroatoms. The summed E-state index contributed by atoms with van der Waals surface area (Å²) >= 11 is 11.9. The zero-order chi connectivity index (χ0) is 17.4. The van der Waals surface area contributed by atoms with Crippen molar-refractivity contribution in [1.82, 2.24) is 14.8 Å². The van der Waals surface area contributed by atoms with Gasteiger partial charge in [-0.3, -0.25) is 4.79 Å². The van der Waals surface area contributed by atoms with Gasteiger partial charge in [0, 0.05) is 36.2 Å². The molecule has 3 heterocycles. The molecule has 0 fully saturated rings. The lowest BCUT2D eigenvalue weighted by molar-refractivity contribution is -0.683. The summed E-state index contributed by atoms with van der Waals surface area (Å²) < 4.78 is 3.98. The van der Waals surface area contributed by atoms with Crippen LogP contribution in [0.5, 0.6) is 0 Å². The average molecular weight is 410 g/mol. The number of benzene rings is 1. The fourth-order valence-corrected chi connectivity index (χ4v) is 3.30. The lowest BCUT2D eigenvalue weighted by Crippen LogP contribution is -3.00. The Bertz CT molecular complexity index is 954. The van der Waals surface area contributed by atoms with Crippen LogP contribution in [0.15, 0.2) is 42.7 Å². The van der Waals surface area contributed by atoms with E-state index in [0.717, 1.165) is 36.6 Å². The van der Waals surface area contributed by atoms with Crippen LogP contribution in [0, 0.1) is 0 Å². The van der Waals surface area contributed by atoms with Gasteiger partial charge in [-0.05, 0) is 24.6 Å². The van der Waals surface area contributed by atoms with Crippen molar-refractivity contribution in [3.05, 3.63) is 64.2 Å². The zero-order valence-electron chi connectivity index (χ0n) is 13.7. The second-order valence-electron chi connectivity index (χ2n) is 6.01. The van der Waals surface area contributed by atoms with Gasteiger partial charge < -0.3 is 17.0 Å². The molecule has 1 aromatic carbocycles. The highest BCUT2D eigenvalue weighted by Crippen LogP contribution is 2.23. The van der Waals surface area contributed by atoms with Crippen LogP contribution in [0.1, 0.15) is 22.6 Å². The summed E-state index contributed by atoms with van der Waals surface area (Å²) in [6, 6.07) is 8.83. The number of nitrogens with zero attached hydrogens (tertiary/aromatic N) is 4. The molecule has 2 aromatic heterocycles. The van der Waals surface area contributed by atoms with Gasteiger partial charge in [-0.25, -0.2) is 0 Å². The van der Waals surface area contributed by atoms with E-state index >= 15 is 0 Å². The number of pyridine rings is 1. The van der Waals surface area contributed by atoms with Crippen molar-refractivity contribution >= 4 is 29.0 Å². The molecule has 0 aliphatic carbocycles. The van der Waals surface area contributed by atoms with Crippen LogP contribution in [-0.2, 0) is 19.5 Å². The van der Waals surface area contributed by atoms with Gasteiger partial charge in [0.25, 0.3) is 0 Å². The Hall–Kier alpha value is -1.95. The minimum absolute atomic E-state index is 0. The van der Waals surface area contributed by atoms with E-state index in [1.807, 2.05) is 29.1 Å². The Balaban J connectivity index is 0.00000196. The van der Waals surface area contributed by atoms with Crippen LogP contribution in [0.2, 0.25) is 10.0 Å². The molecule has 0 bridgehead atoms. The molecule has 0 saturated carbocycles. The molecular formula is C18H15Cl3N4O. The summed E-state index contributed by atoms with van der Waals surface area (Å²) in [5, 5.41) is 9.33. The highest BCUT2D eigenvalue weighted by Gasteiger charge is 2.19. The molecular weight excluding hydrogens is 395 g/mol. The molecule has 134 valence electrons. The molecule has 26 heavy (non-hydrogen) atoms. The van der Waals surface area contributed by atoms with Gasteiger partial charge in [0.1, 0.15) is 5.82 Å². The maximum atomic E-state index is 12.4. The van der Waals surface area contributed by atoms with Crippen molar-refractivity contribution in [1.29, 1.82) is 0 Å². The first-order valence-corrected chi connectivity index (χ1v) is 8.77. The van der Waals surface area contributed by atoms with E-state index < -0.39 is 0 Å². The van der Waals surface area contributed by atoms with Crippen LogP contribution in [0.3, 0.4) is 0 Å². The number of ketones is 1. The van der Waals surface area contributed by atoms with E-state index in [2.05, 4.69) is 14.8 Å². The SMILES string of the molecule is O=C(C[n+]1ccc(-c2nnc3n2CCC3)cc1)c1ccc(Cl)c(Cl)c1.[Cl-].